The van der Waals surface area contributed by atoms with Gasteiger partial charge in [0.25, 0.3) is 0 Å². The van der Waals surface area contributed by atoms with Crippen LogP contribution in [0.3, 0.4) is 0 Å². The van der Waals surface area contributed by atoms with Crippen LogP contribution in [-0.4, -0.2) is 17.1 Å². The van der Waals surface area contributed by atoms with E-state index in [-0.39, 0.29) is 28.9 Å². The lowest BCUT2D eigenvalue weighted by Gasteiger charge is -2.36. The number of Topliss-reactive ketones (excluding diaryl/α,β-unsaturated/α-hetero) is 1. The summed E-state index contributed by atoms with van der Waals surface area (Å²) in [5.41, 5.74) is -2.84. The number of alkyl halides is 3. The van der Waals surface area contributed by atoms with Crippen LogP contribution in [0.4, 0.5) is 13.2 Å². The Morgan fingerprint density at radius 2 is 1.55 bits per heavy atom. The Hall–Kier alpha value is -2.14. The first kappa shape index (κ1) is 14.8. The Labute approximate surface area is 125 Å². The van der Waals surface area contributed by atoms with Gasteiger partial charge in [0, 0.05) is 17.9 Å². The van der Waals surface area contributed by atoms with E-state index >= 15 is 0 Å². The zero-order valence-electron chi connectivity index (χ0n) is 11.5. The quantitative estimate of drug-likeness (QED) is 0.916. The van der Waals surface area contributed by atoms with Crippen molar-refractivity contribution in [3.8, 4) is 0 Å². The monoisotopic (exact) mass is 306 g/mol. The SMILES string of the molecule is O=C1CC(C(O)(c2ccccc2)C(F)(F)F)c2ccccc21. The van der Waals surface area contributed by atoms with Crippen molar-refractivity contribution in [2.45, 2.75) is 24.1 Å². The topological polar surface area (TPSA) is 37.3 Å². The van der Waals surface area contributed by atoms with Crippen molar-refractivity contribution in [2.24, 2.45) is 0 Å². The van der Waals surface area contributed by atoms with E-state index in [1.807, 2.05) is 0 Å². The normalized spacial score (nSPS) is 20.5. The lowest BCUT2D eigenvalue weighted by molar-refractivity contribution is -0.275. The molecule has 2 aromatic rings. The molecule has 3 rings (SSSR count). The zero-order valence-corrected chi connectivity index (χ0v) is 11.5. The van der Waals surface area contributed by atoms with E-state index in [1.165, 1.54) is 36.4 Å². The van der Waals surface area contributed by atoms with E-state index in [2.05, 4.69) is 0 Å². The van der Waals surface area contributed by atoms with Gasteiger partial charge in [0.1, 0.15) is 0 Å². The minimum atomic E-state index is -4.89. The van der Waals surface area contributed by atoms with Gasteiger partial charge in [0.15, 0.2) is 11.4 Å². The summed E-state index contributed by atoms with van der Waals surface area (Å²) < 4.78 is 41.1. The Morgan fingerprint density at radius 3 is 2.18 bits per heavy atom. The van der Waals surface area contributed by atoms with Crippen LogP contribution in [0, 0.1) is 0 Å². The molecule has 2 atom stereocenters. The average molecular weight is 306 g/mol. The van der Waals surface area contributed by atoms with Gasteiger partial charge in [-0.25, -0.2) is 0 Å². The van der Waals surface area contributed by atoms with Gasteiger partial charge >= 0.3 is 6.18 Å². The van der Waals surface area contributed by atoms with Gasteiger partial charge in [-0.15, -0.1) is 0 Å². The van der Waals surface area contributed by atoms with Crippen molar-refractivity contribution in [1.82, 2.24) is 0 Å². The molecule has 22 heavy (non-hydrogen) atoms. The average Bonchev–Trinajstić information content (AvgIpc) is 2.84. The maximum Gasteiger partial charge on any atom is 0.422 e. The molecule has 0 aliphatic heterocycles. The lowest BCUT2D eigenvalue weighted by Crippen LogP contribution is -2.47. The molecular formula is C17H13F3O2. The van der Waals surface area contributed by atoms with Crippen LogP contribution in [0.2, 0.25) is 0 Å². The Balaban J connectivity index is 2.20. The van der Waals surface area contributed by atoms with Gasteiger partial charge in [0.05, 0.1) is 0 Å². The van der Waals surface area contributed by atoms with Crippen molar-refractivity contribution >= 4 is 5.78 Å². The van der Waals surface area contributed by atoms with Crippen molar-refractivity contribution in [1.29, 1.82) is 0 Å². The van der Waals surface area contributed by atoms with Crippen molar-refractivity contribution in [2.75, 3.05) is 0 Å². The fourth-order valence-corrected chi connectivity index (χ4v) is 3.09. The predicted octanol–water partition coefficient (Wildman–Crippen LogP) is 3.81. The van der Waals surface area contributed by atoms with E-state index in [1.54, 1.807) is 18.2 Å². The maximum absolute atomic E-state index is 13.7. The number of hydrogen-bond acceptors (Lipinski definition) is 2. The van der Waals surface area contributed by atoms with E-state index in [4.69, 9.17) is 0 Å². The number of rotatable bonds is 2. The summed E-state index contributed by atoms with van der Waals surface area (Å²) in [6.07, 6.45) is -5.25. The molecule has 2 nitrogen and oxygen atoms in total. The molecule has 0 fully saturated rings. The van der Waals surface area contributed by atoms with E-state index in [0.29, 0.717) is 0 Å². The second kappa shape index (κ2) is 4.95. The molecule has 0 heterocycles. The molecule has 0 saturated carbocycles. The maximum atomic E-state index is 13.7. The Bertz CT molecular complexity index is 709. The summed E-state index contributed by atoms with van der Waals surface area (Å²) in [7, 11) is 0. The van der Waals surface area contributed by atoms with Crippen LogP contribution in [-0.2, 0) is 5.60 Å². The van der Waals surface area contributed by atoms with Gasteiger partial charge in [-0.05, 0) is 11.1 Å². The number of benzene rings is 2. The standard InChI is InChI=1S/C17H13F3O2/c18-17(19,20)16(22,11-6-2-1-3-7-11)14-10-15(21)13-9-5-4-8-12(13)14/h1-9,14,22H,10H2. The largest absolute Gasteiger partial charge is 0.422 e. The van der Waals surface area contributed by atoms with Crippen LogP contribution < -0.4 is 0 Å². The fourth-order valence-electron chi connectivity index (χ4n) is 3.09. The summed E-state index contributed by atoms with van der Waals surface area (Å²) in [4.78, 5) is 12.0. The van der Waals surface area contributed by atoms with Crippen LogP contribution >= 0.6 is 0 Å². The number of hydrogen-bond donors (Lipinski definition) is 1. The molecule has 114 valence electrons. The molecule has 0 saturated heterocycles. The summed E-state index contributed by atoms with van der Waals surface area (Å²) in [6.45, 7) is 0. The van der Waals surface area contributed by atoms with Crippen molar-refractivity contribution < 1.29 is 23.1 Å². The number of halogens is 3. The smallest absolute Gasteiger partial charge is 0.376 e. The van der Waals surface area contributed by atoms with Gasteiger partial charge in [-0.1, -0.05) is 54.6 Å². The minimum Gasteiger partial charge on any atom is -0.376 e. The first-order chi connectivity index (χ1) is 10.4. The molecule has 2 unspecified atom stereocenters. The minimum absolute atomic E-state index is 0.246. The third kappa shape index (κ3) is 2.04. The molecule has 0 amide bonds. The van der Waals surface area contributed by atoms with E-state index in [0.717, 1.165) is 0 Å². The molecule has 0 radical (unpaired) electrons. The summed E-state index contributed by atoms with van der Waals surface area (Å²) in [5.74, 6) is -1.71. The number of fused-ring (bicyclic) bond motifs is 1. The summed E-state index contributed by atoms with van der Waals surface area (Å²) in [5, 5.41) is 10.6. The van der Waals surface area contributed by atoms with Crippen molar-refractivity contribution in [3.05, 3.63) is 71.3 Å². The number of carbonyl (C=O) groups excluding carboxylic acids is 1. The fraction of sp³-hybridized carbons (Fsp3) is 0.235. The van der Waals surface area contributed by atoms with Gasteiger partial charge in [0.2, 0.25) is 0 Å². The highest BCUT2D eigenvalue weighted by Crippen LogP contribution is 2.53. The molecule has 2 aromatic carbocycles. The van der Waals surface area contributed by atoms with Crippen LogP contribution in [0.1, 0.15) is 33.8 Å². The van der Waals surface area contributed by atoms with Crippen LogP contribution in [0.25, 0.3) is 0 Å². The third-order valence-electron chi connectivity index (χ3n) is 4.18. The molecular weight excluding hydrogens is 293 g/mol. The van der Waals surface area contributed by atoms with Crippen LogP contribution in [0.5, 0.6) is 0 Å². The molecule has 0 spiro atoms. The Kier molecular flexibility index (Phi) is 3.33. The lowest BCUT2D eigenvalue weighted by atomic mass is 9.77. The highest BCUT2D eigenvalue weighted by atomic mass is 19.4. The molecule has 5 heteroatoms. The Morgan fingerprint density at radius 1 is 0.955 bits per heavy atom. The zero-order chi connectivity index (χ0) is 16.0. The number of aliphatic hydroxyl groups is 1. The van der Waals surface area contributed by atoms with Gasteiger partial charge < -0.3 is 5.11 Å². The molecule has 1 N–H and O–H groups in total. The number of ketones is 1. The predicted molar refractivity (Wildman–Crippen MR) is 74.5 cm³/mol. The van der Waals surface area contributed by atoms with E-state index in [9.17, 15) is 23.1 Å². The first-order valence-electron chi connectivity index (χ1n) is 6.82. The van der Waals surface area contributed by atoms with E-state index < -0.39 is 17.7 Å². The highest BCUT2D eigenvalue weighted by molar-refractivity contribution is 6.01. The first-order valence-corrected chi connectivity index (χ1v) is 6.82. The molecule has 1 aliphatic rings. The van der Waals surface area contributed by atoms with Crippen molar-refractivity contribution in [3.63, 3.8) is 0 Å². The second-order valence-electron chi connectivity index (χ2n) is 5.40. The van der Waals surface area contributed by atoms with Gasteiger partial charge in [-0.2, -0.15) is 13.2 Å². The second-order valence-corrected chi connectivity index (χ2v) is 5.40. The van der Waals surface area contributed by atoms with Gasteiger partial charge in [-0.3, -0.25) is 4.79 Å². The number of carbonyl (C=O) groups is 1. The molecule has 0 bridgehead atoms. The summed E-state index contributed by atoms with van der Waals surface area (Å²) in [6, 6.07) is 13.1. The highest BCUT2D eigenvalue weighted by Gasteiger charge is 2.61. The molecule has 1 aliphatic carbocycles. The summed E-state index contributed by atoms with van der Waals surface area (Å²) >= 11 is 0. The van der Waals surface area contributed by atoms with Crippen LogP contribution in [0.15, 0.2) is 54.6 Å². The third-order valence-corrected chi connectivity index (χ3v) is 4.18. The molecule has 0 aromatic heterocycles.